The van der Waals surface area contributed by atoms with Crippen LogP contribution in [0.4, 0.5) is 26.3 Å². The summed E-state index contributed by atoms with van der Waals surface area (Å²) in [5.74, 6) is -9.57. The molecular weight excluding hydrogens is 878 g/mol. The molecule has 0 unspecified atom stereocenters. The van der Waals surface area contributed by atoms with E-state index in [1.54, 1.807) is 24.3 Å². The van der Waals surface area contributed by atoms with E-state index in [1.807, 2.05) is 0 Å². The van der Waals surface area contributed by atoms with Crippen molar-refractivity contribution in [2.75, 3.05) is 14.2 Å². The lowest BCUT2D eigenvalue weighted by Gasteiger charge is -2.29. The zero-order chi connectivity index (χ0) is 41.9. The molecule has 0 aliphatic carbocycles. The van der Waals surface area contributed by atoms with Gasteiger partial charge >= 0.3 is 35.4 Å². The number of esters is 2. The normalized spacial score (nSPS) is 14.4. The van der Waals surface area contributed by atoms with Crippen molar-refractivity contribution in [2.45, 2.75) is 36.3 Å². The summed E-state index contributed by atoms with van der Waals surface area (Å²) >= 11 is 6.33. The SMILES string of the molecule is [C-]#[N+][C@@](C(=O)OC)(c1ccccc1)[C@H](CC(=O)c1cccc(Br)c1)C(F)(F)F.[C-]#[N+][C@@](C(=O)OC)(c1ccccc1)[C@H](CC(=O)c1cccc(Br)c1)C(F)(F)F. The molecule has 0 saturated heterocycles. The number of ether oxygens (including phenoxy) is 2. The average molecular weight is 908 g/mol. The number of carbonyl (C=O) groups excluding carboxylic acids is 4. The smallest absolute Gasteiger partial charge is 0.401 e. The molecule has 0 bridgehead atoms. The van der Waals surface area contributed by atoms with E-state index in [9.17, 15) is 45.5 Å². The Morgan fingerprint density at radius 1 is 0.571 bits per heavy atom. The zero-order valence-electron chi connectivity index (χ0n) is 29.3. The number of hydrogen-bond donors (Lipinski definition) is 0. The number of halogens is 8. The Hall–Kier alpha value is -5.32. The number of ketones is 2. The molecule has 4 aromatic rings. The maximum atomic E-state index is 14.0. The van der Waals surface area contributed by atoms with Crippen LogP contribution in [0, 0.1) is 25.0 Å². The molecule has 0 aliphatic rings. The fraction of sp³-hybridized carbons (Fsp3) is 0.250. The van der Waals surface area contributed by atoms with E-state index in [2.05, 4.69) is 51.0 Å². The van der Waals surface area contributed by atoms with Gasteiger partial charge in [0.25, 0.3) is 0 Å². The van der Waals surface area contributed by atoms with E-state index in [1.165, 1.54) is 84.9 Å². The second kappa shape index (κ2) is 19.0. The number of hydrogen-bond acceptors (Lipinski definition) is 6. The first-order valence-corrected chi connectivity index (χ1v) is 17.7. The predicted molar refractivity (Wildman–Crippen MR) is 199 cm³/mol. The molecule has 4 atom stereocenters. The van der Waals surface area contributed by atoms with E-state index in [0.29, 0.717) is 8.95 Å². The largest absolute Gasteiger partial charge is 0.463 e. The summed E-state index contributed by atoms with van der Waals surface area (Å²) in [7, 11) is 1.82. The third-order valence-corrected chi connectivity index (χ3v) is 9.63. The highest BCUT2D eigenvalue weighted by Gasteiger charge is 2.67. The fourth-order valence-electron chi connectivity index (χ4n) is 5.93. The minimum Gasteiger partial charge on any atom is -0.463 e. The van der Waals surface area contributed by atoms with Gasteiger partial charge in [0.05, 0.1) is 14.2 Å². The van der Waals surface area contributed by atoms with Crippen molar-refractivity contribution in [3.63, 3.8) is 0 Å². The Morgan fingerprint density at radius 3 is 1.14 bits per heavy atom. The topological polar surface area (TPSA) is 95.5 Å². The van der Waals surface area contributed by atoms with Crippen molar-refractivity contribution in [1.29, 1.82) is 0 Å². The van der Waals surface area contributed by atoms with Crippen molar-refractivity contribution in [2.24, 2.45) is 11.8 Å². The van der Waals surface area contributed by atoms with Gasteiger partial charge in [-0.15, -0.1) is 0 Å². The number of nitrogens with zero attached hydrogens (tertiary/aromatic N) is 2. The van der Waals surface area contributed by atoms with Gasteiger partial charge in [0.1, 0.15) is 0 Å². The van der Waals surface area contributed by atoms with Crippen molar-refractivity contribution < 1.29 is 55.0 Å². The Balaban J connectivity index is 0.000000300. The molecule has 0 amide bonds. The van der Waals surface area contributed by atoms with Crippen LogP contribution in [0.2, 0.25) is 0 Å². The molecule has 56 heavy (non-hydrogen) atoms. The number of benzene rings is 4. The highest BCUT2D eigenvalue weighted by atomic mass is 79.9. The summed E-state index contributed by atoms with van der Waals surface area (Å²) in [6, 6.07) is 25.6. The molecule has 0 fully saturated rings. The summed E-state index contributed by atoms with van der Waals surface area (Å²) in [6.07, 6.45) is -12.2. The summed E-state index contributed by atoms with van der Waals surface area (Å²) in [5.41, 5.74) is -5.73. The number of rotatable bonds is 12. The van der Waals surface area contributed by atoms with Gasteiger partial charge < -0.3 is 9.47 Å². The van der Waals surface area contributed by atoms with Crippen LogP contribution in [-0.4, -0.2) is 50.1 Å². The Labute approximate surface area is 334 Å². The first-order chi connectivity index (χ1) is 26.3. The van der Waals surface area contributed by atoms with Gasteiger partial charge in [0.2, 0.25) is 0 Å². The molecular formula is C40H30Br2F6N2O6. The lowest BCUT2D eigenvalue weighted by Crippen LogP contribution is -2.48. The zero-order valence-corrected chi connectivity index (χ0v) is 32.5. The van der Waals surface area contributed by atoms with Gasteiger partial charge in [-0.3, -0.25) is 19.3 Å². The van der Waals surface area contributed by atoms with Crippen LogP contribution in [0.25, 0.3) is 9.69 Å². The highest BCUT2D eigenvalue weighted by Crippen LogP contribution is 2.48. The number of Topliss-reactive ketones (excluding diaryl/α,β-unsaturated/α-hetero) is 2. The summed E-state index contributed by atoms with van der Waals surface area (Å²) in [4.78, 5) is 56.3. The molecule has 0 heterocycles. The van der Waals surface area contributed by atoms with Crippen molar-refractivity contribution >= 4 is 55.4 Å². The van der Waals surface area contributed by atoms with E-state index in [-0.39, 0.29) is 22.3 Å². The van der Waals surface area contributed by atoms with Crippen LogP contribution >= 0.6 is 31.9 Å². The van der Waals surface area contributed by atoms with E-state index in [0.717, 1.165) is 14.2 Å². The quantitative estimate of drug-likeness (QED) is 0.0608. The Morgan fingerprint density at radius 2 is 0.893 bits per heavy atom. The van der Waals surface area contributed by atoms with Gasteiger partial charge in [-0.2, -0.15) is 26.3 Å². The Kier molecular flexibility index (Phi) is 15.3. The molecule has 4 rings (SSSR count). The second-order valence-electron chi connectivity index (χ2n) is 11.9. The van der Waals surface area contributed by atoms with Crippen LogP contribution in [0.15, 0.2) is 118 Å². The highest BCUT2D eigenvalue weighted by molar-refractivity contribution is 9.10. The third kappa shape index (κ3) is 10.1. The summed E-state index contributed by atoms with van der Waals surface area (Å²) < 4.78 is 94.4. The van der Waals surface area contributed by atoms with Gasteiger partial charge in [0, 0.05) is 44.0 Å². The molecule has 0 aliphatic heterocycles. The van der Waals surface area contributed by atoms with Gasteiger partial charge in [-0.05, 0) is 24.3 Å². The van der Waals surface area contributed by atoms with Crippen LogP contribution in [-0.2, 0) is 30.1 Å². The molecule has 0 spiro atoms. The third-order valence-electron chi connectivity index (χ3n) is 8.64. The molecule has 0 saturated carbocycles. The molecule has 4 aromatic carbocycles. The molecule has 0 aromatic heterocycles. The van der Waals surface area contributed by atoms with Gasteiger partial charge in [-0.1, -0.05) is 117 Å². The van der Waals surface area contributed by atoms with Gasteiger partial charge in [-0.25, -0.2) is 22.7 Å². The first-order valence-electron chi connectivity index (χ1n) is 16.1. The van der Waals surface area contributed by atoms with Gasteiger partial charge in [0.15, 0.2) is 23.4 Å². The van der Waals surface area contributed by atoms with E-state index >= 15 is 0 Å². The average Bonchev–Trinajstić information content (AvgIpc) is 3.17. The molecule has 0 radical (unpaired) electrons. The monoisotopic (exact) mass is 906 g/mol. The van der Waals surface area contributed by atoms with Crippen molar-refractivity contribution in [3.05, 3.63) is 163 Å². The standard InChI is InChI=1S/2C20H15BrF3NO3/c2*1-25-19(18(27)28-2,14-8-4-3-5-9-14)17(20(22,23)24)12-16(26)13-7-6-10-15(21)11-13/h2*3-11,17H,12H2,2H3/t2*17-,19-/m00/s1. The maximum absolute atomic E-state index is 14.0. The van der Waals surface area contributed by atoms with Crippen LogP contribution in [0.1, 0.15) is 44.7 Å². The van der Waals surface area contributed by atoms with Crippen LogP contribution in [0.3, 0.4) is 0 Å². The number of carbonyl (C=O) groups is 4. The molecule has 0 N–H and O–H groups in total. The fourth-order valence-corrected chi connectivity index (χ4v) is 6.72. The summed E-state index contributed by atoms with van der Waals surface area (Å²) in [6.45, 7) is 15.0. The summed E-state index contributed by atoms with van der Waals surface area (Å²) in [5, 5.41) is 0. The van der Waals surface area contributed by atoms with Crippen LogP contribution < -0.4 is 0 Å². The van der Waals surface area contributed by atoms with Crippen LogP contribution in [0.5, 0.6) is 0 Å². The number of alkyl halides is 6. The van der Waals surface area contributed by atoms with Crippen molar-refractivity contribution in [1.82, 2.24) is 0 Å². The minimum atomic E-state index is -5.00. The minimum absolute atomic E-state index is 0.0421. The number of methoxy groups -OCH3 is 2. The second-order valence-corrected chi connectivity index (χ2v) is 13.8. The van der Waals surface area contributed by atoms with Crippen molar-refractivity contribution in [3.8, 4) is 0 Å². The maximum Gasteiger partial charge on any atom is 0.401 e. The Bertz CT molecular complexity index is 1970. The first kappa shape index (κ1) is 45.1. The lowest BCUT2D eigenvalue weighted by atomic mass is 9.75. The molecule has 292 valence electrons. The van der Waals surface area contributed by atoms with E-state index < -0.39 is 71.6 Å². The predicted octanol–water partition coefficient (Wildman–Crippen LogP) is 10.4. The molecule has 8 nitrogen and oxygen atoms in total. The lowest BCUT2D eigenvalue weighted by molar-refractivity contribution is -0.197. The molecule has 16 heteroatoms. The van der Waals surface area contributed by atoms with E-state index in [4.69, 9.17) is 13.1 Å².